The third-order valence-electron chi connectivity index (χ3n) is 7.14. The molecule has 1 N–H and O–H groups in total. The number of hydrogen-bond donors (Lipinski definition) is 1. The van der Waals surface area contributed by atoms with Gasteiger partial charge in [-0.3, -0.25) is 14.2 Å². The van der Waals surface area contributed by atoms with Gasteiger partial charge in [-0.05, 0) is 22.2 Å². The first-order valence-corrected chi connectivity index (χ1v) is 16.5. The molecule has 0 amide bonds. The van der Waals surface area contributed by atoms with Crippen molar-refractivity contribution in [1.82, 2.24) is 4.57 Å². The van der Waals surface area contributed by atoms with Gasteiger partial charge in [-0.2, -0.15) is 0 Å². The quantitative estimate of drug-likeness (QED) is 0.418. The number of aromatic hydroxyl groups is 1. The van der Waals surface area contributed by atoms with Crippen molar-refractivity contribution < 1.29 is 32.3 Å². The van der Waals surface area contributed by atoms with Crippen LogP contribution >= 0.6 is 0 Å². The van der Waals surface area contributed by atoms with Crippen LogP contribution in [0.1, 0.15) is 75.0 Å². The maximum Gasteiger partial charge on any atom is 0.335 e. The first kappa shape index (κ1) is 28.1. The number of carbonyl (C=O) groups excluding carboxylic acids is 1. The number of pyridine rings is 1. The Kier molecular flexibility index (Phi) is 8.39. The fourth-order valence-corrected chi connectivity index (χ4v) is 16.5. The molecule has 0 radical (unpaired) electrons. The van der Waals surface area contributed by atoms with E-state index in [1.165, 1.54) is 23.8 Å². The second-order valence-electron chi connectivity index (χ2n) is 10.8. The van der Waals surface area contributed by atoms with Crippen LogP contribution in [0, 0.1) is 0 Å². The van der Waals surface area contributed by atoms with Crippen LogP contribution < -0.4 is 10.3 Å². The summed E-state index contributed by atoms with van der Waals surface area (Å²) in [6, 6.07) is 1.32. The van der Waals surface area contributed by atoms with Crippen LogP contribution in [-0.4, -0.2) is 51.6 Å². The van der Waals surface area contributed by atoms with Gasteiger partial charge in [0.1, 0.15) is 12.3 Å². The van der Waals surface area contributed by atoms with Gasteiger partial charge in [0.25, 0.3) is 5.56 Å². The summed E-state index contributed by atoms with van der Waals surface area (Å²) in [6.45, 7) is 18.8. The molecule has 3 heterocycles. The predicted octanol–water partition coefficient (Wildman–Crippen LogP) is 4.72. The van der Waals surface area contributed by atoms with Gasteiger partial charge < -0.3 is 27.5 Å². The SMILES string of the molecule is CC(=O)Oc1c(O)ccn([C@H]2C[C@@H]3O[Si](C(C)C)(C(C)C)O[Si](C(C)C)(C(C)C)OC[C@H]3O2)c1=O. The Labute approximate surface area is 210 Å². The first-order valence-electron chi connectivity index (χ1n) is 12.5. The molecule has 2 aliphatic rings. The van der Waals surface area contributed by atoms with E-state index < -0.39 is 46.4 Å². The zero-order valence-corrected chi connectivity index (χ0v) is 24.4. The highest BCUT2D eigenvalue weighted by Crippen LogP contribution is 2.48. The minimum Gasteiger partial charge on any atom is -0.504 e. The minimum absolute atomic E-state index is 0.181. The third kappa shape index (κ3) is 5.16. The number of ether oxygens (including phenoxy) is 2. The molecule has 198 valence electrons. The van der Waals surface area contributed by atoms with Crippen molar-refractivity contribution in [2.45, 2.75) is 109 Å². The first-order chi connectivity index (χ1) is 16.2. The molecule has 2 aliphatic heterocycles. The molecule has 11 heteroatoms. The van der Waals surface area contributed by atoms with Crippen LogP contribution in [0.25, 0.3) is 0 Å². The lowest BCUT2D eigenvalue weighted by Gasteiger charge is -2.51. The molecule has 0 bridgehead atoms. The van der Waals surface area contributed by atoms with Crippen LogP contribution in [0.4, 0.5) is 0 Å². The van der Waals surface area contributed by atoms with E-state index in [9.17, 15) is 14.7 Å². The Hall–Kier alpha value is -1.51. The van der Waals surface area contributed by atoms with Crippen molar-refractivity contribution >= 4 is 23.1 Å². The van der Waals surface area contributed by atoms with E-state index in [-0.39, 0.29) is 34.4 Å². The summed E-state index contributed by atoms with van der Waals surface area (Å²) >= 11 is 0. The third-order valence-corrected chi connectivity index (χ3v) is 17.4. The van der Waals surface area contributed by atoms with Gasteiger partial charge in [0.2, 0.25) is 5.75 Å². The van der Waals surface area contributed by atoms with Crippen molar-refractivity contribution in [3.63, 3.8) is 0 Å². The molecule has 2 fully saturated rings. The largest absolute Gasteiger partial charge is 0.504 e. The summed E-state index contributed by atoms with van der Waals surface area (Å²) in [5, 5.41) is 10.1. The summed E-state index contributed by atoms with van der Waals surface area (Å²) in [6.07, 6.45) is 0.501. The monoisotopic (exact) mass is 527 g/mol. The number of esters is 1. The Morgan fingerprint density at radius 2 is 1.60 bits per heavy atom. The topological polar surface area (TPSA) is 105 Å². The molecule has 3 rings (SSSR count). The molecule has 35 heavy (non-hydrogen) atoms. The fourth-order valence-electron chi connectivity index (χ4n) is 5.29. The number of fused-ring (bicyclic) bond motifs is 1. The number of aromatic nitrogens is 1. The normalized spacial score (nSPS) is 26.1. The maximum absolute atomic E-state index is 13.0. The van der Waals surface area contributed by atoms with Crippen molar-refractivity contribution in [3.8, 4) is 11.5 Å². The van der Waals surface area contributed by atoms with Crippen molar-refractivity contribution in [2.24, 2.45) is 0 Å². The van der Waals surface area contributed by atoms with Crippen LogP contribution in [0.2, 0.25) is 22.2 Å². The van der Waals surface area contributed by atoms with Crippen molar-refractivity contribution in [2.75, 3.05) is 6.61 Å². The molecule has 0 aliphatic carbocycles. The molecule has 2 saturated heterocycles. The van der Waals surface area contributed by atoms with E-state index in [1.54, 1.807) is 0 Å². The molecule has 0 unspecified atom stereocenters. The summed E-state index contributed by atoms with van der Waals surface area (Å²) in [5.74, 6) is -1.49. The number of carbonyl (C=O) groups is 1. The molecular weight excluding hydrogens is 486 g/mol. The van der Waals surface area contributed by atoms with Gasteiger partial charge >= 0.3 is 23.1 Å². The standard InChI is InChI=1S/C24H41NO8Si2/c1-14(2)34(15(3)4)29-13-21-20(32-35(33-34,16(5)6)17(7)8)12-22(31-21)25-11-10-19(27)23(24(25)28)30-18(9)26/h10-11,14-17,20-22,27H,12-13H2,1-9H3/t20-,21+,22+/m0/s1. The minimum atomic E-state index is -2.79. The number of hydrogen-bond acceptors (Lipinski definition) is 8. The molecular formula is C24H41NO8Si2. The second kappa shape index (κ2) is 10.5. The zero-order chi connectivity index (χ0) is 26.3. The molecule has 0 saturated carbocycles. The highest BCUT2D eigenvalue weighted by Gasteiger charge is 2.60. The Balaban J connectivity index is 2.03. The summed E-state index contributed by atoms with van der Waals surface area (Å²) in [7, 11) is -5.48. The lowest BCUT2D eigenvalue weighted by atomic mass is 10.2. The van der Waals surface area contributed by atoms with Crippen LogP contribution in [0.15, 0.2) is 17.1 Å². The zero-order valence-electron chi connectivity index (χ0n) is 22.4. The van der Waals surface area contributed by atoms with E-state index in [1.807, 2.05) is 0 Å². The molecule has 3 atom stereocenters. The highest BCUT2D eigenvalue weighted by molar-refractivity contribution is 6.83. The van der Waals surface area contributed by atoms with Crippen molar-refractivity contribution in [3.05, 3.63) is 22.6 Å². The van der Waals surface area contributed by atoms with E-state index in [4.69, 9.17) is 22.4 Å². The van der Waals surface area contributed by atoms with Gasteiger partial charge in [-0.1, -0.05) is 55.4 Å². The van der Waals surface area contributed by atoms with Gasteiger partial charge in [-0.15, -0.1) is 0 Å². The summed E-state index contributed by atoms with van der Waals surface area (Å²) in [4.78, 5) is 24.5. The van der Waals surface area contributed by atoms with E-state index in [2.05, 4.69) is 55.4 Å². The van der Waals surface area contributed by atoms with Crippen LogP contribution in [-0.2, 0) is 22.5 Å². The van der Waals surface area contributed by atoms with Crippen LogP contribution in [0.5, 0.6) is 11.5 Å². The van der Waals surface area contributed by atoms with Crippen molar-refractivity contribution in [1.29, 1.82) is 0 Å². The molecule has 9 nitrogen and oxygen atoms in total. The molecule has 0 aromatic carbocycles. The summed E-state index contributed by atoms with van der Waals surface area (Å²) in [5.41, 5.74) is 0.159. The van der Waals surface area contributed by atoms with Gasteiger partial charge in [-0.25, -0.2) is 0 Å². The lowest BCUT2D eigenvalue weighted by Crippen LogP contribution is -2.65. The second-order valence-corrected chi connectivity index (χ2v) is 19.7. The predicted molar refractivity (Wildman–Crippen MR) is 136 cm³/mol. The van der Waals surface area contributed by atoms with E-state index in [0.717, 1.165) is 0 Å². The fraction of sp³-hybridized carbons (Fsp3) is 0.750. The average Bonchev–Trinajstić information content (AvgIpc) is 3.11. The molecule has 1 aromatic rings. The Bertz CT molecular complexity index is 961. The maximum atomic E-state index is 13.0. The van der Waals surface area contributed by atoms with Gasteiger partial charge in [0, 0.05) is 25.6 Å². The average molecular weight is 528 g/mol. The lowest BCUT2D eigenvalue weighted by molar-refractivity contribution is -0.132. The number of nitrogens with zero attached hydrogens (tertiary/aromatic N) is 1. The smallest absolute Gasteiger partial charge is 0.335 e. The Morgan fingerprint density at radius 1 is 1.03 bits per heavy atom. The summed E-state index contributed by atoms with van der Waals surface area (Å²) < 4.78 is 33.6. The van der Waals surface area contributed by atoms with E-state index in [0.29, 0.717) is 13.0 Å². The van der Waals surface area contributed by atoms with Gasteiger partial charge in [0.05, 0.1) is 12.7 Å². The van der Waals surface area contributed by atoms with E-state index >= 15 is 0 Å². The van der Waals surface area contributed by atoms with Gasteiger partial charge in [0.15, 0.2) is 5.75 Å². The molecule has 0 spiro atoms. The van der Waals surface area contributed by atoms with Crippen LogP contribution in [0.3, 0.4) is 0 Å². The Morgan fingerprint density at radius 3 is 2.11 bits per heavy atom. The molecule has 1 aromatic heterocycles. The number of rotatable bonds is 6. The highest BCUT2D eigenvalue weighted by atomic mass is 28.5.